The van der Waals surface area contributed by atoms with Gasteiger partial charge in [-0.1, -0.05) is 29.8 Å². The van der Waals surface area contributed by atoms with Crippen molar-refractivity contribution in [3.63, 3.8) is 0 Å². The van der Waals surface area contributed by atoms with E-state index in [1.54, 1.807) is 0 Å². The highest BCUT2D eigenvalue weighted by molar-refractivity contribution is 5.85. The van der Waals surface area contributed by atoms with Crippen molar-refractivity contribution < 1.29 is 9.53 Å². The number of nitrogens with zero attached hydrogens (tertiary/aromatic N) is 1. The fourth-order valence-electron chi connectivity index (χ4n) is 2.63. The third-order valence-corrected chi connectivity index (χ3v) is 3.92. The Hall–Kier alpha value is -1.10. The van der Waals surface area contributed by atoms with Crippen molar-refractivity contribution in [1.82, 2.24) is 10.2 Å². The molecule has 1 atom stereocenters. The Balaban J connectivity index is 0.00000242. The quantitative estimate of drug-likeness (QED) is 0.835. The molecule has 124 valence electrons. The van der Waals surface area contributed by atoms with E-state index >= 15 is 0 Å². The van der Waals surface area contributed by atoms with Gasteiger partial charge in [0.1, 0.15) is 0 Å². The third kappa shape index (κ3) is 5.95. The average Bonchev–Trinajstić information content (AvgIpc) is 2.98. The molecule has 1 saturated heterocycles. The molecule has 2 rings (SSSR count). The first-order chi connectivity index (χ1) is 10.2. The Bertz CT molecular complexity index is 444. The van der Waals surface area contributed by atoms with Gasteiger partial charge in [0.05, 0.1) is 12.6 Å². The zero-order valence-electron chi connectivity index (χ0n) is 13.5. The molecule has 1 aromatic carbocycles. The van der Waals surface area contributed by atoms with Crippen LogP contribution >= 0.6 is 12.4 Å². The van der Waals surface area contributed by atoms with Crippen LogP contribution in [0.25, 0.3) is 0 Å². The van der Waals surface area contributed by atoms with Gasteiger partial charge >= 0.3 is 0 Å². The lowest BCUT2D eigenvalue weighted by Gasteiger charge is -2.25. The monoisotopic (exact) mass is 326 g/mol. The summed E-state index contributed by atoms with van der Waals surface area (Å²) in [7, 11) is 1.81. The van der Waals surface area contributed by atoms with E-state index in [1.807, 2.05) is 11.9 Å². The normalized spacial score (nSPS) is 17.1. The second-order valence-corrected chi connectivity index (χ2v) is 5.74. The fraction of sp³-hybridized carbons (Fsp3) is 0.588. The molecule has 1 N–H and O–H groups in total. The summed E-state index contributed by atoms with van der Waals surface area (Å²) in [5.41, 5.74) is 2.54. The second-order valence-electron chi connectivity index (χ2n) is 5.74. The van der Waals surface area contributed by atoms with Crippen LogP contribution < -0.4 is 5.32 Å². The highest BCUT2D eigenvalue weighted by Crippen LogP contribution is 2.14. The Morgan fingerprint density at radius 2 is 2.09 bits per heavy atom. The molecular weight excluding hydrogens is 300 g/mol. The SMILES string of the molecule is CNCC(=O)N(CCc1ccc(C)cc1)CC1CCCO1.Cl. The maximum atomic E-state index is 12.2. The van der Waals surface area contributed by atoms with Gasteiger partial charge in [-0.3, -0.25) is 4.79 Å². The van der Waals surface area contributed by atoms with Crippen LogP contribution in [-0.4, -0.2) is 50.2 Å². The molecule has 0 aromatic heterocycles. The van der Waals surface area contributed by atoms with Crippen molar-refractivity contribution in [1.29, 1.82) is 0 Å². The van der Waals surface area contributed by atoms with Crippen molar-refractivity contribution in [3.05, 3.63) is 35.4 Å². The van der Waals surface area contributed by atoms with E-state index in [9.17, 15) is 4.79 Å². The van der Waals surface area contributed by atoms with E-state index in [0.29, 0.717) is 13.1 Å². The second kappa shape index (κ2) is 9.82. The number of likely N-dealkylation sites (N-methyl/N-ethyl adjacent to an activating group) is 1. The lowest BCUT2D eigenvalue weighted by atomic mass is 10.1. The topological polar surface area (TPSA) is 41.6 Å². The van der Waals surface area contributed by atoms with Gasteiger partial charge in [-0.25, -0.2) is 0 Å². The fourth-order valence-corrected chi connectivity index (χ4v) is 2.63. The molecule has 1 heterocycles. The lowest BCUT2D eigenvalue weighted by Crippen LogP contribution is -2.42. The van der Waals surface area contributed by atoms with Crippen molar-refractivity contribution in [2.24, 2.45) is 0 Å². The van der Waals surface area contributed by atoms with Crippen LogP contribution in [0.3, 0.4) is 0 Å². The van der Waals surface area contributed by atoms with Gasteiger partial charge in [0.2, 0.25) is 5.91 Å². The first-order valence-electron chi connectivity index (χ1n) is 7.78. The molecule has 1 aliphatic rings. The zero-order chi connectivity index (χ0) is 15.1. The number of carbonyl (C=O) groups excluding carboxylic acids is 1. The minimum atomic E-state index is 0. The average molecular weight is 327 g/mol. The van der Waals surface area contributed by atoms with Crippen LogP contribution in [0.15, 0.2) is 24.3 Å². The number of aryl methyl sites for hydroxylation is 1. The summed E-state index contributed by atoms with van der Waals surface area (Å²) in [6.07, 6.45) is 3.27. The van der Waals surface area contributed by atoms with Crippen LogP contribution in [0.2, 0.25) is 0 Å². The number of benzene rings is 1. The maximum Gasteiger partial charge on any atom is 0.236 e. The number of amides is 1. The summed E-state index contributed by atoms with van der Waals surface area (Å²) in [5, 5.41) is 2.95. The van der Waals surface area contributed by atoms with Gasteiger partial charge in [-0.05, 0) is 38.8 Å². The molecule has 1 amide bonds. The lowest BCUT2D eigenvalue weighted by molar-refractivity contribution is -0.131. The van der Waals surface area contributed by atoms with Crippen LogP contribution in [0.5, 0.6) is 0 Å². The summed E-state index contributed by atoms with van der Waals surface area (Å²) in [6.45, 7) is 4.77. The summed E-state index contributed by atoms with van der Waals surface area (Å²) in [4.78, 5) is 14.2. The van der Waals surface area contributed by atoms with Gasteiger partial charge in [0.15, 0.2) is 0 Å². The van der Waals surface area contributed by atoms with Gasteiger partial charge in [-0.15, -0.1) is 12.4 Å². The molecular formula is C17H27ClN2O2. The molecule has 0 aliphatic carbocycles. The number of halogens is 1. The Morgan fingerprint density at radius 1 is 1.36 bits per heavy atom. The van der Waals surface area contributed by atoms with E-state index in [1.165, 1.54) is 11.1 Å². The number of ether oxygens (including phenoxy) is 1. The van der Waals surface area contributed by atoms with Gasteiger partial charge in [0, 0.05) is 19.7 Å². The third-order valence-electron chi connectivity index (χ3n) is 3.92. The molecule has 0 bridgehead atoms. The maximum absolute atomic E-state index is 12.2. The molecule has 4 nitrogen and oxygen atoms in total. The summed E-state index contributed by atoms with van der Waals surface area (Å²) in [5.74, 6) is 0.153. The van der Waals surface area contributed by atoms with Crippen molar-refractivity contribution >= 4 is 18.3 Å². The Labute approximate surface area is 139 Å². The van der Waals surface area contributed by atoms with Crippen LogP contribution in [0.4, 0.5) is 0 Å². The van der Waals surface area contributed by atoms with Gasteiger partial charge in [0.25, 0.3) is 0 Å². The van der Waals surface area contributed by atoms with E-state index in [2.05, 4.69) is 36.5 Å². The number of rotatable bonds is 7. The first kappa shape index (κ1) is 18.9. The highest BCUT2D eigenvalue weighted by Gasteiger charge is 2.21. The smallest absolute Gasteiger partial charge is 0.236 e. The minimum absolute atomic E-state index is 0. The number of hydrogen-bond donors (Lipinski definition) is 1. The molecule has 1 aliphatic heterocycles. The standard InChI is InChI=1S/C17H26N2O2.ClH/c1-14-5-7-15(8-6-14)9-10-19(17(20)12-18-2)13-16-4-3-11-21-16;/h5-8,16,18H,3-4,9-13H2,1-2H3;1H. The predicted octanol–water partition coefficient (Wildman–Crippen LogP) is 2.19. The molecule has 0 spiro atoms. The molecule has 22 heavy (non-hydrogen) atoms. The Morgan fingerprint density at radius 3 is 2.68 bits per heavy atom. The minimum Gasteiger partial charge on any atom is -0.376 e. The molecule has 1 fully saturated rings. The summed E-state index contributed by atoms with van der Waals surface area (Å²) < 4.78 is 5.67. The van der Waals surface area contributed by atoms with E-state index in [-0.39, 0.29) is 24.4 Å². The van der Waals surface area contributed by atoms with Crippen LogP contribution in [0.1, 0.15) is 24.0 Å². The molecule has 1 aromatic rings. The largest absolute Gasteiger partial charge is 0.376 e. The molecule has 0 radical (unpaired) electrons. The first-order valence-corrected chi connectivity index (χ1v) is 7.78. The summed E-state index contributed by atoms with van der Waals surface area (Å²) in [6, 6.07) is 8.52. The van der Waals surface area contributed by atoms with E-state index < -0.39 is 0 Å². The number of carbonyl (C=O) groups is 1. The zero-order valence-corrected chi connectivity index (χ0v) is 14.3. The number of nitrogens with one attached hydrogen (secondary N) is 1. The van der Waals surface area contributed by atoms with Gasteiger partial charge < -0.3 is 15.0 Å². The van der Waals surface area contributed by atoms with E-state index in [0.717, 1.165) is 32.4 Å². The Kier molecular flexibility index (Phi) is 8.46. The van der Waals surface area contributed by atoms with Crippen molar-refractivity contribution in [2.75, 3.05) is 33.3 Å². The molecule has 5 heteroatoms. The van der Waals surface area contributed by atoms with Crippen molar-refractivity contribution in [3.8, 4) is 0 Å². The molecule has 1 unspecified atom stereocenters. The van der Waals surface area contributed by atoms with Crippen LogP contribution in [0, 0.1) is 6.92 Å². The van der Waals surface area contributed by atoms with Crippen LogP contribution in [-0.2, 0) is 16.0 Å². The highest BCUT2D eigenvalue weighted by atomic mass is 35.5. The summed E-state index contributed by atoms with van der Waals surface area (Å²) >= 11 is 0. The van der Waals surface area contributed by atoms with Gasteiger partial charge in [-0.2, -0.15) is 0 Å². The number of hydrogen-bond acceptors (Lipinski definition) is 3. The molecule has 0 saturated carbocycles. The van der Waals surface area contributed by atoms with Crippen molar-refractivity contribution in [2.45, 2.75) is 32.3 Å². The van der Waals surface area contributed by atoms with E-state index in [4.69, 9.17) is 4.74 Å². The predicted molar refractivity (Wildman–Crippen MR) is 91.6 cm³/mol.